The van der Waals surface area contributed by atoms with Crippen LogP contribution in [0.25, 0.3) is 0 Å². The minimum Gasteiger partial charge on any atom is -0.361 e. The zero-order valence-electron chi connectivity index (χ0n) is 7.58. The van der Waals surface area contributed by atoms with Crippen LogP contribution in [0.5, 0.6) is 0 Å². The fraction of sp³-hybridized carbons (Fsp3) is 0.875. The highest BCUT2D eigenvalue weighted by Gasteiger charge is 2.14. The number of oxime groups is 1. The van der Waals surface area contributed by atoms with Crippen molar-refractivity contribution >= 4 is 6.21 Å². The average Bonchev–Trinajstić information content (AvgIpc) is 2.36. The van der Waals surface area contributed by atoms with E-state index in [0.29, 0.717) is 6.04 Å². The van der Waals surface area contributed by atoms with Crippen molar-refractivity contribution in [2.45, 2.75) is 38.5 Å². The van der Waals surface area contributed by atoms with Crippen LogP contribution in [-0.2, 0) is 4.84 Å². The second-order valence-electron chi connectivity index (χ2n) is 3.50. The lowest BCUT2D eigenvalue weighted by atomic mass is 10.2. The van der Waals surface area contributed by atoms with E-state index in [-0.39, 0.29) is 0 Å². The van der Waals surface area contributed by atoms with Crippen LogP contribution in [0, 0.1) is 0 Å². The molecule has 0 spiro atoms. The SMILES string of the molecule is CC(C)(O)O/N=C/[C@H]1CCCN1. The maximum atomic E-state index is 9.14. The molecule has 1 rings (SSSR count). The largest absolute Gasteiger partial charge is 0.361 e. The number of rotatable bonds is 3. The Labute approximate surface area is 72.6 Å². The van der Waals surface area contributed by atoms with Gasteiger partial charge in [0.15, 0.2) is 0 Å². The van der Waals surface area contributed by atoms with Crippen molar-refractivity contribution in [1.82, 2.24) is 5.32 Å². The second-order valence-corrected chi connectivity index (χ2v) is 3.50. The molecule has 0 aliphatic carbocycles. The lowest BCUT2D eigenvalue weighted by Gasteiger charge is -2.13. The average molecular weight is 172 g/mol. The summed E-state index contributed by atoms with van der Waals surface area (Å²) < 4.78 is 0. The molecule has 0 aromatic heterocycles. The van der Waals surface area contributed by atoms with Crippen molar-refractivity contribution in [1.29, 1.82) is 0 Å². The molecule has 0 unspecified atom stereocenters. The zero-order valence-corrected chi connectivity index (χ0v) is 7.58. The number of hydrogen-bond acceptors (Lipinski definition) is 4. The Morgan fingerprint density at radius 1 is 1.67 bits per heavy atom. The monoisotopic (exact) mass is 172 g/mol. The normalized spacial score (nSPS) is 25.1. The number of nitrogens with one attached hydrogen (secondary N) is 1. The van der Waals surface area contributed by atoms with Gasteiger partial charge in [-0.15, -0.1) is 0 Å². The van der Waals surface area contributed by atoms with E-state index in [0.717, 1.165) is 13.0 Å². The van der Waals surface area contributed by atoms with E-state index in [4.69, 9.17) is 9.94 Å². The number of hydrogen-bond donors (Lipinski definition) is 2. The van der Waals surface area contributed by atoms with E-state index in [2.05, 4.69) is 10.5 Å². The van der Waals surface area contributed by atoms with Crippen LogP contribution < -0.4 is 5.32 Å². The molecule has 0 saturated carbocycles. The Kier molecular flexibility index (Phi) is 3.05. The van der Waals surface area contributed by atoms with Gasteiger partial charge < -0.3 is 15.3 Å². The van der Waals surface area contributed by atoms with Crippen LogP contribution in [0.1, 0.15) is 26.7 Å². The van der Waals surface area contributed by atoms with Crippen LogP contribution in [0.15, 0.2) is 5.16 Å². The second kappa shape index (κ2) is 3.87. The summed E-state index contributed by atoms with van der Waals surface area (Å²) in [6, 6.07) is 0.312. The third kappa shape index (κ3) is 3.69. The molecule has 1 aliphatic heterocycles. The summed E-state index contributed by atoms with van der Waals surface area (Å²) >= 11 is 0. The van der Waals surface area contributed by atoms with Gasteiger partial charge in [0.05, 0.1) is 6.21 Å². The quantitative estimate of drug-likeness (QED) is 0.369. The fourth-order valence-electron chi connectivity index (χ4n) is 1.07. The Balaban J connectivity index is 2.21. The molecule has 4 nitrogen and oxygen atoms in total. The first-order valence-corrected chi connectivity index (χ1v) is 4.25. The highest BCUT2D eigenvalue weighted by atomic mass is 16.7. The van der Waals surface area contributed by atoms with E-state index in [1.807, 2.05) is 0 Å². The lowest BCUT2D eigenvalue weighted by molar-refractivity contribution is -0.175. The van der Waals surface area contributed by atoms with Gasteiger partial charge in [-0.05, 0) is 19.4 Å². The van der Waals surface area contributed by atoms with Crippen molar-refractivity contribution in [3.05, 3.63) is 0 Å². The molecule has 1 heterocycles. The molecule has 12 heavy (non-hydrogen) atoms. The Morgan fingerprint density at radius 3 is 2.92 bits per heavy atom. The van der Waals surface area contributed by atoms with Gasteiger partial charge in [-0.1, -0.05) is 5.16 Å². The predicted molar refractivity (Wildman–Crippen MR) is 46.9 cm³/mol. The van der Waals surface area contributed by atoms with Gasteiger partial charge in [-0.2, -0.15) is 0 Å². The Bertz CT molecular complexity index is 157. The molecule has 0 bridgehead atoms. The minimum atomic E-state index is -1.17. The van der Waals surface area contributed by atoms with Gasteiger partial charge in [0.1, 0.15) is 0 Å². The lowest BCUT2D eigenvalue weighted by Crippen LogP contribution is -2.25. The van der Waals surface area contributed by atoms with Gasteiger partial charge in [0, 0.05) is 19.9 Å². The molecular formula is C8H16N2O2. The van der Waals surface area contributed by atoms with Gasteiger partial charge in [-0.3, -0.25) is 0 Å². The summed E-state index contributed by atoms with van der Waals surface area (Å²) in [4.78, 5) is 4.78. The molecule has 2 N–H and O–H groups in total. The first kappa shape index (κ1) is 9.48. The summed E-state index contributed by atoms with van der Waals surface area (Å²) in [5.74, 6) is -1.17. The van der Waals surface area contributed by atoms with Crippen molar-refractivity contribution < 1.29 is 9.94 Å². The van der Waals surface area contributed by atoms with Crippen LogP contribution in [-0.4, -0.2) is 29.7 Å². The smallest absolute Gasteiger partial charge is 0.228 e. The summed E-state index contributed by atoms with van der Waals surface area (Å²) in [6.45, 7) is 4.14. The first-order valence-electron chi connectivity index (χ1n) is 4.25. The summed E-state index contributed by atoms with van der Waals surface area (Å²) in [5, 5.41) is 16.1. The molecule has 0 aromatic rings. The van der Waals surface area contributed by atoms with Crippen molar-refractivity contribution in [3.8, 4) is 0 Å². The van der Waals surface area contributed by atoms with Crippen LogP contribution in [0.2, 0.25) is 0 Å². The van der Waals surface area contributed by atoms with E-state index in [9.17, 15) is 0 Å². The maximum Gasteiger partial charge on any atom is 0.228 e. The Hall–Kier alpha value is -0.610. The summed E-state index contributed by atoms with van der Waals surface area (Å²) in [6.07, 6.45) is 3.98. The molecule has 70 valence electrons. The van der Waals surface area contributed by atoms with Crippen molar-refractivity contribution in [2.24, 2.45) is 5.16 Å². The predicted octanol–water partition coefficient (Wildman–Crippen LogP) is 0.469. The minimum absolute atomic E-state index is 0.312. The van der Waals surface area contributed by atoms with E-state index in [1.54, 1.807) is 20.1 Å². The van der Waals surface area contributed by atoms with Crippen LogP contribution >= 0.6 is 0 Å². The molecule has 1 saturated heterocycles. The molecular weight excluding hydrogens is 156 g/mol. The van der Waals surface area contributed by atoms with E-state index < -0.39 is 5.79 Å². The first-order chi connectivity index (χ1) is 5.58. The van der Waals surface area contributed by atoms with Crippen LogP contribution in [0.3, 0.4) is 0 Å². The molecule has 4 heteroatoms. The maximum absolute atomic E-state index is 9.14. The molecule has 0 amide bonds. The molecule has 1 fully saturated rings. The van der Waals surface area contributed by atoms with Gasteiger partial charge in [0.2, 0.25) is 5.79 Å². The standard InChI is InChI=1S/C8H16N2O2/c1-8(2,11)12-10-6-7-4-3-5-9-7/h6-7,9,11H,3-5H2,1-2H3/b10-6+/t7-/m1/s1. The van der Waals surface area contributed by atoms with E-state index >= 15 is 0 Å². The highest BCUT2D eigenvalue weighted by Crippen LogP contribution is 2.05. The van der Waals surface area contributed by atoms with Crippen molar-refractivity contribution in [2.75, 3.05) is 6.54 Å². The molecule has 1 aliphatic rings. The molecule has 0 aromatic carbocycles. The third-order valence-corrected chi connectivity index (χ3v) is 1.62. The van der Waals surface area contributed by atoms with Crippen LogP contribution in [0.4, 0.5) is 0 Å². The molecule has 0 radical (unpaired) electrons. The topological polar surface area (TPSA) is 53.9 Å². The number of aliphatic hydroxyl groups is 1. The van der Waals surface area contributed by atoms with Gasteiger partial charge >= 0.3 is 0 Å². The zero-order chi connectivity index (χ0) is 9.03. The van der Waals surface area contributed by atoms with Gasteiger partial charge in [-0.25, -0.2) is 0 Å². The summed E-state index contributed by atoms with van der Waals surface area (Å²) in [7, 11) is 0. The molecule has 1 atom stereocenters. The van der Waals surface area contributed by atoms with Crippen molar-refractivity contribution in [3.63, 3.8) is 0 Å². The van der Waals surface area contributed by atoms with E-state index in [1.165, 1.54) is 6.42 Å². The fourth-order valence-corrected chi connectivity index (χ4v) is 1.07. The summed E-state index contributed by atoms with van der Waals surface area (Å²) in [5.41, 5.74) is 0. The highest BCUT2D eigenvalue weighted by molar-refractivity contribution is 5.64. The third-order valence-electron chi connectivity index (χ3n) is 1.62. The van der Waals surface area contributed by atoms with Gasteiger partial charge in [0.25, 0.3) is 0 Å². The number of nitrogens with zero attached hydrogens (tertiary/aromatic N) is 1. The Morgan fingerprint density at radius 2 is 2.42 bits per heavy atom.